The molecule has 46 heavy (non-hydrogen) atoms. The molecule has 0 aromatic heterocycles. The molecule has 0 bridgehead atoms. The molecule has 0 fully saturated rings. The third kappa shape index (κ3) is 30.2. The van der Waals surface area contributed by atoms with Crippen LogP contribution in [0.25, 0.3) is 0 Å². The Kier molecular flexibility index (Phi) is 29.4. The van der Waals surface area contributed by atoms with Crippen LogP contribution in [-0.4, -0.2) is 156 Å². The first kappa shape index (κ1) is 41.6. The van der Waals surface area contributed by atoms with Crippen molar-refractivity contribution in [2.45, 2.75) is 13.3 Å². The highest BCUT2D eigenvalue weighted by Gasteiger charge is 1.99. The summed E-state index contributed by atoms with van der Waals surface area (Å²) in [6.45, 7) is 10.9. The standard InChI is InChI=1S/C31H53NO14/c1-28(33)32-29-2-4-30(5-3-29)46-27-26-45-25-24-44-23-22-43-21-20-42-19-18-41-17-16-40-15-14-39-13-12-38-11-10-37-9-8-36-7-6-31(34)35/h2-5H,6-27H2,1H3,(H,32,33)(H,34,35). The van der Waals surface area contributed by atoms with Crippen LogP contribution in [0, 0.1) is 0 Å². The van der Waals surface area contributed by atoms with E-state index in [1.807, 2.05) is 0 Å². The van der Waals surface area contributed by atoms with Gasteiger partial charge in [0.05, 0.1) is 139 Å². The molecule has 0 spiro atoms. The van der Waals surface area contributed by atoms with Crippen LogP contribution in [0.1, 0.15) is 13.3 Å². The SMILES string of the molecule is CC(=O)Nc1ccc(OCCOCCOCCOCCOCCOCCOCCOCCOCCOCCOCCC(=O)O)cc1. The van der Waals surface area contributed by atoms with Gasteiger partial charge < -0.3 is 62.5 Å². The first-order valence-corrected chi connectivity index (χ1v) is 15.6. The van der Waals surface area contributed by atoms with E-state index in [-0.39, 0.29) is 18.9 Å². The fourth-order valence-corrected chi connectivity index (χ4v) is 3.30. The zero-order chi connectivity index (χ0) is 33.2. The van der Waals surface area contributed by atoms with Gasteiger partial charge in [0.2, 0.25) is 5.91 Å². The third-order valence-corrected chi connectivity index (χ3v) is 5.48. The molecule has 0 aliphatic carbocycles. The van der Waals surface area contributed by atoms with Gasteiger partial charge >= 0.3 is 5.97 Å². The lowest BCUT2D eigenvalue weighted by Crippen LogP contribution is -2.15. The van der Waals surface area contributed by atoms with Crippen molar-refractivity contribution in [1.29, 1.82) is 0 Å². The lowest BCUT2D eigenvalue weighted by molar-refractivity contribution is -0.138. The minimum Gasteiger partial charge on any atom is -0.491 e. The second kappa shape index (κ2) is 32.5. The maximum Gasteiger partial charge on any atom is 0.305 e. The number of hydrogen-bond acceptors (Lipinski definition) is 13. The summed E-state index contributed by atoms with van der Waals surface area (Å²) in [6.07, 6.45) is -0.00541. The zero-order valence-electron chi connectivity index (χ0n) is 27.1. The normalized spacial score (nSPS) is 11.2. The van der Waals surface area contributed by atoms with Crippen molar-refractivity contribution in [1.82, 2.24) is 0 Å². The number of rotatable bonds is 35. The molecule has 0 saturated carbocycles. The van der Waals surface area contributed by atoms with Crippen LogP contribution in [0.4, 0.5) is 5.69 Å². The van der Waals surface area contributed by atoms with Gasteiger partial charge in [-0.15, -0.1) is 0 Å². The van der Waals surface area contributed by atoms with Gasteiger partial charge in [0.1, 0.15) is 12.4 Å². The monoisotopic (exact) mass is 663 g/mol. The number of carbonyl (C=O) groups is 2. The molecule has 15 heteroatoms. The predicted molar refractivity (Wildman–Crippen MR) is 167 cm³/mol. The second-order valence-corrected chi connectivity index (χ2v) is 9.32. The molecule has 0 aliphatic rings. The lowest BCUT2D eigenvalue weighted by atomic mass is 10.3. The molecule has 0 aliphatic heterocycles. The Labute approximate surface area is 271 Å². The van der Waals surface area contributed by atoms with Crippen LogP contribution < -0.4 is 10.1 Å². The molecule has 266 valence electrons. The minimum atomic E-state index is -0.877. The van der Waals surface area contributed by atoms with E-state index in [2.05, 4.69) is 5.32 Å². The minimum absolute atomic E-state index is 0.00541. The molecule has 0 saturated heterocycles. The molecule has 0 heterocycles. The van der Waals surface area contributed by atoms with Crippen molar-refractivity contribution in [3.63, 3.8) is 0 Å². The number of ether oxygens (including phenoxy) is 11. The van der Waals surface area contributed by atoms with Crippen LogP contribution >= 0.6 is 0 Å². The molecular weight excluding hydrogens is 610 g/mol. The molecular formula is C31H53NO14. The second-order valence-electron chi connectivity index (χ2n) is 9.32. The van der Waals surface area contributed by atoms with Crippen LogP contribution in [0.2, 0.25) is 0 Å². The Morgan fingerprint density at radius 3 is 1.04 bits per heavy atom. The van der Waals surface area contributed by atoms with Crippen molar-refractivity contribution in [2.75, 3.05) is 144 Å². The smallest absolute Gasteiger partial charge is 0.305 e. The molecule has 0 unspecified atom stereocenters. The topological polar surface area (TPSA) is 168 Å². The first-order chi connectivity index (χ1) is 22.6. The number of nitrogens with one attached hydrogen (secondary N) is 1. The maximum absolute atomic E-state index is 11.0. The van der Waals surface area contributed by atoms with Gasteiger partial charge in [0.25, 0.3) is 0 Å². The Morgan fingerprint density at radius 2 is 0.761 bits per heavy atom. The Balaban J connectivity index is 1.66. The maximum atomic E-state index is 11.0. The highest BCUT2D eigenvalue weighted by atomic mass is 16.6. The molecule has 0 atom stereocenters. The van der Waals surface area contributed by atoms with Gasteiger partial charge in [0, 0.05) is 12.6 Å². The van der Waals surface area contributed by atoms with Crippen LogP contribution in [0.5, 0.6) is 5.75 Å². The van der Waals surface area contributed by atoms with Crippen LogP contribution in [0.15, 0.2) is 24.3 Å². The number of amides is 1. The van der Waals surface area contributed by atoms with Crippen LogP contribution in [0.3, 0.4) is 0 Å². The van der Waals surface area contributed by atoms with Gasteiger partial charge in [-0.3, -0.25) is 9.59 Å². The highest BCUT2D eigenvalue weighted by Crippen LogP contribution is 2.15. The van der Waals surface area contributed by atoms with E-state index in [0.717, 1.165) is 5.69 Å². The summed E-state index contributed by atoms with van der Waals surface area (Å²) < 4.78 is 59.6. The Bertz CT molecular complexity index is 830. The lowest BCUT2D eigenvalue weighted by Gasteiger charge is -2.09. The van der Waals surface area contributed by atoms with E-state index in [4.69, 9.17) is 57.2 Å². The van der Waals surface area contributed by atoms with E-state index < -0.39 is 5.97 Å². The number of carboxylic acid groups (broad SMARTS) is 1. The number of carbonyl (C=O) groups excluding carboxylic acids is 1. The molecule has 1 rings (SSSR count). The van der Waals surface area contributed by atoms with E-state index in [1.54, 1.807) is 24.3 Å². The Morgan fingerprint density at radius 1 is 0.478 bits per heavy atom. The van der Waals surface area contributed by atoms with Gasteiger partial charge in [-0.25, -0.2) is 0 Å². The summed E-state index contributed by atoms with van der Waals surface area (Å²) in [5.74, 6) is -0.278. The van der Waals surface area contributed by atoms with Crippen molar-refractivity contribution in [2.24, 2.45) is 0 Å². The summed E-state index contributed by atoms with van der Waals surface area (Å²) in [6, 6.07) is 7.16. The zero-order valence-corrected chi connectivity index (χ0v) is 27.1. The third-order valence-electron chi connectivity index (χ3n) is 5.48. The average Bonchev–Trinajstić information content (AvgIpc) is 3.03. The predicted octanol–water partition coefficient (Wildman–Crippen LogP) is 1.66. The first-order valence-electron chi connectivity index (χ1n) is 15.6. The molecule has 1 amide bonds. The summed E-state index contributed by atoms with van der Waals surface area (Å²) in [5.41, 5.74) is 0.727. The van der Waals surface area contributed by atoms with E-state index in [9.17, 15) is 9.59 Å². The van der Waals surface area contributed by atoms with Gasteiger partial charge in [-0.1, -0.05) is 0 Å². The number of aliphatic carboxylic acids is 1. The highest BCUT2D eigenvalue weighted by molar-refractivity contribution is 5.88. The molecule has 2 N–H and O–H groups in total. The van der Waals surface area contributed by atoms with Gasteiger partial charge in [-0.2, -0.15) is 0 Å². The fraction of sp³-hybridized carbons (Fsp3) is 0.742. The van der Waals surface area contributed by atoms with Gasteiger partial charge in [0.15, 0.2) is 0 Å². The molecule has 15 nitrogen and oxygen atoms in total. The van der Waals surface area contributed by atoms with Crippen molar-refractivity contribution < 1.29 is 66.8 Å². The van der Waals surface area contributed by atoms with Crippen molar-refractivity contribution >= 4 is 17.6 Å². The molecule has 1 aromatic rings. The quantitative estimate of drug-likeness (QED) is 0.101. The van der Waals surface area contributed by atoms with E-state index in [1.165, 1.54) is 6.92 Å². The number of anilines is 1. The van der Waals surface area contributed by atoms with E-state index >= 15 is 0 Å². The fourth-order valence-electron chi connectivity index (χ4n) is 3.30. The van der Waals surface area contributed by atoms with Crippen molar-refractivity contribution in [3.05, 3.63) is 24.3 Å². The molecule has 0 radical (unpaired) electrons. The van der Waals surface area contributed by atoms with Gasteiger partial charge in [-0.05, 0) is 24.3 Å². The number of benzene rings is 1. The summed E-state index contributed by atoms with van der Waals surface area (Å²) in [5, 5.41) is 11.2. The number of hydrogen-bond donors (Lipinski definition) is 2. The summed E-state index contributed by atoms with van der Waals surface area (Å²) in [7, 11) is 0. The summed E-state index contributed by atoms with van der Waals surface area (Å²) >= 11 is 0. The van der Waals surface area contributed by atoms with E-state index in [0.29, 0.717) is 138 Å². The Hall–Kier alpha value is -2.44. The number of carboxylic acids is 1. The summed E-state index contributed by atoms with van der Waals surface area (Å²) in [4.78, 5) is 21.4. The van der Waals surface area contributed by atoms with Crippen LogP contribution in [-0.2, 0) is 57.0 Å². The molecule has 1 aromatic carbocycles. The van der Waals surface area contributed by atoms with Crippen molar-refractivity contribution in [3.8, 4) is 5.75 Å². The largest absolute Gasteiger partial charge is 0.491 e. The average molecular weight is 664 g/mol.